The van der Waals surface area contributed by atoms with Gasteiger partial charge in [-0.2, -0.15) is 0 Å². The largest absolute Gasteiger partial charge is 0.373 e. The van der Waals surface area contributed by atoms with Gasteiger partial charge in [-0.25, -0.2) is 4.98 Å². The summed E-state index contributed by atoms with van der Waals surface area (Å²) in [6, 6.07) is 13.9. The standard InChI is InChI=1S/C11H16N2O.C10H12N2.C4H11N.C2H6/c1-3-8-13(2)11-7-5-4-6-10(11)12-9-14;1-3-9-8(2)11-10-6-4-5-7-12(9)10;1-3-5-4-2;1-2/h4-7,9H,3,8H2,1-2H3,(H,12,14);4-7H,3H2,1-2H3;5H,3-4H2,1-2H3;1-2H3. The number of imidazole rings is 1. The number of nitrogens with zero attached hydrogens (tertiary/aromatic N) is 3. The lowest BCUT2D eigenvalue weighted by molar-refractivity contribution is -0.105. The predicted octanol–water partition coefficient (Wildman–Crippen LogP) is 5.95. The molecule has 0 aliphatic carbocycles. The molecule has 33 heavy (non-hydrogen) atoms. The first kappa shape index (κ1) is 30.1. The summed E-state index contributed by atoms with van der Waals surface area (Å²) in [5.74, 6) is 0. The quantitative estimate of drug-likeness (QED) is 0.412. The third-order valence-corrected chi connectivity index (χ3v) is 4.75. The van der Waals surface area contributed by atoms with Gasteiger partial charge in [-0.3, -0.25) is 4.79 Å². The summed E-state index contributed by atoms with van der Waals surface area (Å²) >= 11 is 0. The highest BCUT2D eigenvalue weighted by Gasteiger charge is 2.05. The van der Waals surface area contributed by atoms with Crippen molar-refractivity contribution in [3.63, 3.8) is 0 Å². The van der Waals surface area contributed by atoms with Gasteiger partial charge in [0.25, 0.3) is 0 Å². The molecule has 2 N–H and O–H groups in total. The molecule has 6 heteroatoms. The number of nitrogens with one attached hydrogen (secondary N) is 2. The number of para-hydroxylation sites is 2. The van der Waals surface area contributed by atoms with Gasteiger partial charge in [0.1, 0.15) is 5.65 Å². The molecule has 0 saturated heterocycles. The summed E-state index contributed by atoms with van der Waals surface area (Å²) in [4.78, 5) is 17.0. The number of carbonyl (C=O) groups excluding carboxylic acids is 1. The molecule has 0 fully saturated rings. The van der Waals surface area contributed by atoms with Crippen molar-refractivity contribution in [3.8, 4) is 0 Å². The summed E-state index contributed by atoms with van der Waals surface area (Å²) in [5.41, 5.74) is 5.42. The monoisotopic (exact) mass is 455 g/mol. The number of hydrogen-bond donors (Lipinski definition) is 2. The van der Waals surface area contributed by atoms with Gasteiger partial charge in [-0.1, -0.05) is 59.7 Å². The third-order valence-electron chi connectivity index (χ3n) is 4.75. The van der Waals surface area contributed by atoms with Crippen LogP contribution in [-0.2, 0) is 11.2 Å². The Morgan fingerprint density at radius 2 is 1.64 bits per heavy atom. The number of aromatic nitrogens is 2. The Bertz CT molecular complexity index is 889. The number of aryl methyl sites for hydroxylation is 2. The maximum atomic E-state index is 10.4. The zero-order valence-corrected chi connectivity index (χ0v) is 22.0. The van der Waals surface area contributed by atoms with Crippen molar-refractivity contribution >= 4 is 23.4 Å². The molecule has 2 heterocycles. The van der Waals surface area contributed by atoms with Crippen molar-refractivity contribution in [2.45, 2.75) is 61.3 Å². The van der Waals surface area contributed by atoms with Crippen molar-refractivity contribution in [2.75, 3.05) is 36.9 Å². The van der Waals surface area contributed by atoms with Crippen LogP contribution in [0.5, 0.6) is 0 Å². The van der Waals surface area contributed by atoms with Gasteiger partial charge in [-0.05, 0) is 57.1 Å². The lowest BCUT2D eigenvalue weighted by Gasteiger charge is -2.21. The molecule has 0 saturated carbocycles. The second-order valence-corrected chi connectivity index (χ2v) is 7.08. The fourth-order valence-corrected chi connectivity index (χ4v) is 3.29. The van der Waals surface area contributed by atoms with Crippen molar-refractivity contribution < 1.29 is 4.79 Å². The Morgan fingerprint density at radius 1 is 1.00 bits per heavy atom. The molecule has 0 spiro atoms. The van der Waals surface area contributed by atoms with Crippen LogP contribution in [0.15, 0.2) is 48.7 Å². The van der Waals surface area contributed by atoms with E-state index in [4.69, 9.17) is 0 Å². The molecule has 184 valence electrons. The Kier molecular flexibility index (Phi) is 17.1. The molecule has 0 radical (unpaired) electrons. The van der Waals surface area contributed by atoms with E-state index in [1.807, 2.05) is 63.4 Å². The fraction of sp³-hybridized carbons (Fsp3) is 0.481. The molecule has 2 aromatic heterocycles. The lowest BCUT2D eigenvalue weighted by atomic mass is 10.2. The van der Waals surface area contributed by atoms with E-state index >= 15 is 0 Å². The number of hydrogen-bond acceptors (Lipinski definition) is 4. The first-order valence-corrected chi connectivity index (χ1v) is 12.2. The van der Waals surface area contributed by atoms with Gasteiger partial charge in [-0.15, -0.1) is 0 Å². The minimum Gasteiger partial charge on any atom is -0.373 e. The number of fused-ring (bicyclic) bond motifs is 1. The SMILES string of the molecule is CC.CCCN(C)c1ccccc1NC=O.CCNCC.CCc1c(C)nc2ccccn12. The van der Waals surface area contributed by atoms with E-state index in [-0.39, 0.29) is 0 Å². The summed E-state index contributed by atoms with van der Waals surface area (Å²) < 4.78 is 2.15. The van der Waals surface area contributed by atoms with E-state index in [0.29, 0.717) is 6.41 Å². The molecule has 1 aromatic carbocycles. The number of pyridine rings is 1. The summed E-state index contributed by atoms with van der Waals surface area (Å²) in [6.45, 7) is 17.7. The van der Waals surface area contributed by atoms with Gasteiger partial charge in [0.05, 0.1) is 17.1 Å². The second kappa shape index (κ2) is 18.7. The smallest absolute Gasteiger partial charge is 0.211 e. The van der Waals surface area contributed by atoms with Gasteiger partial charge in [0, 0.05) is 25.5 Å². The number of amides is 1. The lowest BCUT2D eigenvalue weighted by Crippen LogP contribution is -2.19. The molecule has 1 amide bonds. The van der Waals surface area contributed by atoms with Crippen LogP contribution in [0.3, 0.4) is 0 Å². The van der Waals surface area contributed by atoms with Crippen LogP contribution in [-0.4, -0.2) is 42.5 Å². The highest BCUT2D eigenvalue weighted by Crippen LogP contribution is 2.23. The summed E-state index contributed by atoms with van der Waals surface area (Å²) in [7, 11) is 2.02. The highest BCUT2D eigenvalue weighted by molar-refractivity contribution is 5.81. The molecule has 3 rings (SSSR count). The molecular formula is C27H45N5O. The van der Waals surface area contributed by atoms with Gasteiger partial charge in [0.15, 0.2) is 0 Å². The van der Waals surface area contributed by atoms with Gasteiger partial charge >= 0.3 is 0 Å². The fourth-order valence-electron chi connectivity index (χ4n) is 3.29. The van der Waals surface area contributed by atoms with Crippen LogP contribution >= 0.6 is 0 Å². The van der Waals surface area contributed by atoms with E-state index in [0.717, 1.165) is 55.2 Å². The van der Waals surface area contributed by atoms with Crippen molar-refractivity contribution in [2.24, 2.45) is 0 Å². The van der Waals surface area contributed by atoms with Crippen molar-refractivity contribution in [3.05, 3.63) is 60.0 Å². The normalized spacial score (nSPS) is 9.45. The Labute approximate surface area is 201 Å². The maximum Gasteiger partial charge on any atom is 0.211 e. The van der Waals surface area contributed by atoms with Crippen LogP contribution in [0, 0.1) is 6.92 Å². The van der Waals surface area contributed by atoms with Crippen LogP contribution in [0.1, 0.15) is 59.4 Å². The molecule has 3 aromatic rings. The molecule has 0 unspecified atom stereocenters. The van der Waals surface area contributed by atoms with E-state index in [1.165, 1.54) is 5.69 Å². The van der Waals surface area contributed by atoms with Crippen LogP contribution in [0.4, 0.5) is 11.4 Å². The molecule has 0 bridgehead atoms. The average Bonchev–Trinajstić information content (AvgIpc) is 3.17. The maximum absolute atomic E-state index is 10.4. The zero-order chi connectivity index (χ0) is 25.1. The van der Waals surface area contributed by atoms with Crippen LogP contribution in [0.25, 0.3) is 5.65 Å². The number of benzene rings is 1. The molecule has 6 nitrogen and oxygen atoms in total. The molecule has 0 aliphatic heterocycles. The topological polar surface area (TPSA) is 61.7 Å². The van der Waals surface area contributed by atoms with E-state index in [1.54, 1.807) is 0 Å². The van der Waals surface area contributed by atoms with Crippen LogP contribution < -0.4 is 15.5 Å². The first-order valence-electron chi connectivity index (χ1n) is 12.2. The number of anilines is 2. The van der Waals surface area contributed by atoms with Crippen LogP contribution in [0.2, 0.25) is 0 Å². The summed E-state index contributed by atoms with van der Waals surface area (Å²) in [5, 5.41) is 5.80. The van der Waals surface area contributed by atoms with E-state index < -0.39 is 0 Å². The zero-order valence-electron chi connectivity index (χ0n) is 22.0. The van der Waals surface area contributed by atoms with Gasteiger partial charge in [0.2, 0.25) is 6.41 Å². The Hall–Kier alpha value is -2.86. The minimum absolute atomic E-state index is 0.707. The second-order valence-electron chi connectivity index (χ2n) is 7.08. The predicted molar refractivity (Wildman–Crippen MR) is 145 cm³/mol. The summed E-state index contributed by atoms with van der Waals surface area (Å²) in [6.07, 6.45) is 4.90. The Balaban J connectivity index is 0.000000490. The first-order chi connectivity index (χ1) is 16.0. The Morgan fingerprint density at radius 3 is 2.18 bits per heavy atom. The number of carbonyl (C=O) groups is 1. The van der Waals surface area contributed by atoms with Gasteiger partial charge < -0.3 is 19.9 Å². The van der Waals surface area contributed by atoms with Crippen molar-refractivity contribution in [1.82, 2.24) is 14.7 Å². The minimum atomic E-state index is 0.707. The third kappa shape index (κ3) is 10.5. The molecule has 0 aliphatic rings. The molecular weight excluding hydrogens is 410 g/mol. The molecule has 0 atom stereocenters. The van der Waals surface area contributed by atoms with E-state index in [9.17, 15) is 4.79 Å². The number of rotatable bonds is 8. The van der Waals surface area contributed by atoms with Crippen molar-refractivity contribution in [1.29, 1.82) is 0 Å². The average molecular weight is 456 g/mol. The van der Waals surface area contributed by atoms with E-state index in [2.05, 4.69) is 65.7 Å². The highest BCUT2D eigenvalue weighted by atomic mass is 16.1.